The molecule has 5 nitrogen and oxygen atoms in total. The number of likely N-dealkylation sites (tertiary alicyclic amines) is 1. The Bertz CT molecular complexity index is 725. The molecule has 1 aliphatic rings. The molecule has 1 fully saturated rings. The van der Waals surface area contributed by atoms with Gasteiger partial charge in [0.05, 0.1) is 17.3 Å². The van der Waals surface area contributed by atoms with Crippen LogP contribution in [0.2, 0.25) is 0 Å². The number of nitrogens with one attached hydrogen (secondary N) is 1. The Morgan fingerprint density at radius 2 is 2.16 bits per heavy atom. The Morgan fingerprint density at radius 3 is 2.88 bits per heavy atom. The predicted octanol–water partition coefficient (Wildman–Crippen LogP) is 3.19. The van der Waals surface area contributed by atoms with Crippen molar-refractivity contribution in [2.24, 2.45) is 0 Å². The second-order valence-corrected chi connectivity index (χ2v) is 7.08. The number of aliphatic hydroxyl groups is 1. The third-order valence-corrected chi connectivity index (χ3v) is 4.66. The number of pyridine rings is 1. The summed E-state index contributed by atoms with van der Waals surface area (Å²) in [4.78, 5) is 18.6. The van der Waals surface area contributed by atoms with E-state index in [2.05, 4.69) is 10.3 Å². The number of nitrogens with zero attached hydrogens (tertiary/aromatic N) is 2. The van der Waals surface area contributed by atoms with Crippen molar-refractivity contribution >= 4 is 6.03 Å². The summed E-state index contributed by atoms with van der Waals surface area (Å²) in [5.41, 5.74) is 2.09. The van der Waals surface area contributed by atoms with Gasteiger partial charge in [-0.3, -0.25) is 4.98 Å². The summed E-state index contributed by atoms with van der Waals surface area (Å²) in [6.45, 7) is 4.67. The van der Waals surface area contributed by atoms with Gasteiger partial charge in [-0.15, -0.1) is 0 Å². The van der Waals surface area contributed by atoms with Gasteiger partial charge in [-0.1, -0.05) is 24.3 Å². The van der Waals surface area contributed by atoms with Crippen LogP contribution in [0.3, 0.4) is 0 Å². The lowest BCUT2D eigenvalue weighted by molar-refractivity contribution is 0.00979. The molecule has 2 amide bonds. The van der Waals surface area contributed by atoms with E-state index in [0.29, 0.717) is 13.1 Å². The van der Waals surface area contributed by atoms with Crippen LogP contribution in [0.15, 0.2) is 48.7 Å². The first-order valence-corrected chi connectivity index (χ1v) is 8.72. The first-order chi connectivity index (χ1) is 11.9. The summed E-state index contributed by atoms with van der Waals surface area (Å²) in [7, 11) is 0. The van der Waals surface area contributed by atoms with Gasteiger partial charge < -0.3 is 15.3 Å². The summed E-state index contributed by atoms with van der Waals surface area (Å²) < 4.78 is 0. The van der Waals surface area contributed by atoms with E-state index >= 15 is 0 Å². The van der Waals surface area contributed by atoms with Crippen LogP contribution in [-0.4, -0.2) is 39.2 Å². The van der Waals surface area contributed by atoms with Crippen LogP contribution in [0.5, 0.6) is 0 Å². The van der Waals surface area contributed by atoms with E-state index in [1.807, 2.05) is 42.5 Å². The molecule has 2 aromatic rings. The fourth-order valence-corrected chi connectivity index (χ4v) is 3.40. The van der Waals surface area contributed by atoms with Crippen LogP contribution in [0.4, 0.5) is 4.79 Å². The molecule has 2 heterocycles. The Kier molecular flexibility index (Phi) is 5.04. The minimum absolute atomic E-state index is 0.118. The van der Waals surface area contributed by atoms with Gasteiger partial charge in [0, 0.05) is 24.8 Å². The van der Waals surface area contributed by atoms with E-state index in [0.717, 1.165) is 29.7 Å². The molecule has 1 atom stereocenters. The van der Waals surface area contributed by atoms with Crippen molar-refractivity contribution in [3.63, 3.8) is 0 Å². The van der Waals surface area contributed by atoms with Crippen LogP contribution in [0.25, 0.3) is 11.3 Å². The Hall–Kier alpha value is -2.40. The number of aromatic nitrogens is 1. The zero-order chi connectivity index (χ0) is 17.9. The third-order valence-electron chi connectivity index (χ3n) is 4.66. The molecule has 1 aromatic carbocycles. The summed E-state index contributed by atoms with van der Waals surface area (Å²) in [5, 5.41) is 13.2. The summed E-state index contributed by atoms with van der Waals surface area (Å²) in [6.07, 6.45) is 3.54. The van der Waals surface area contributed by atoms with Gasteiger partial charge in [0.25, 0.3) is 0 Å². The lowest BCUT2D eigenvalue weighted by atomic mass is 9.97. The molecule has 1 unspecified atom stereocenters. The smallest absolute Gasteiger partial charge is 0.318 e. The highest BCUT2D eigenvalue weighted by Crippen LogP contribution is 2.26. The molecular weight excluding hydrogens is 314 g/mol. The van der Waals surface area contributed by atoms with Crippen LogP contribution >= 0.6 is 0 Å². The molecule has 132 valence electrons. The lowest BCUT2D eigenvalue weighted by Crippen LogP contribution is -2.51. The molecule has 25 heavy (non-hydrogen) atoms. The van der Waals surface area contributed by atoms with Crippen LogP contribution in [0.1, 0.15) is 32.3 Å². The first kappa shape index (κ1) is 17.4. The standard InChI is InChI=1S/C20H25N3O2/c1-20(2,25)18-10-6-12-23(18)19(24)22-14-15-7-5-8-16(13-15)17-9-3-4-11-21-17/h3-5,7-9,11,13,18,25H,6,10,12,14H2,1-2H3,(H,22,24). The Morgan fingerprint density at radius 1 is 1.32 bits per heavy atom. The van der Waals surface area contributed by atoms with Crippen molar-refractivity contribution in [1.82, 2.24) is 15.2 Å². The molecule has 1 aromatic heterocycles. The molecule has 1 saturated heterocycles. The van der Waals surface area contributed by atoms with Gasteiger partial charge in [0.15, 0.2) is 0 Å². The quantitative estimate of drug-likeness (QED) is 0.899. The average molecular weight is 339 g/mol. The largest absolute Gasteiger partial charge is 0.388 e. The molecule has 0 spiro atoms. The second-order valence-electron chi connectivity index (χ2n) is 7.08. The normalized spacial score (nSPS) is 17.6. The molecule has 0 radical (unpaired) electrons. The summed E-state index contributed by atoms with van der Waals surface area (Å²) in [5.74, 6) is 0. The average Bonchev–Trinajstić information content (AvgIpc) is 3.11. The number of urea groups is 1. The Balaban J connectivity index is 1.65. The van der Waals surface area contributed by atoms with Crippen molar-refractivity contribution < 1.29 is 9.90 Å². The van der Waals surface area contributed by atoms with Crippen molar-refractivity contribution in [1.29, 1.82) is 0 Å². The minimum atomic E-state index is -0.882. The summed E-state index contributed by atoms with van der Waals surface area (Å²) >= 11 is 0. The SMILES string of the molecule is CC(C)(O)C1CCCN1C(=O)NCc1cccc(-c2ccccn2)c1. The van der Waals surface area contributed by atoms with Gasteiger partial charge in [-0.25, -0.2) is 4.79 Å². The first-order valence-electron chi connectivity index (χ1n) is 8.72. The van der Waals surface area contributed by atoms with E-state index in [1.165, 1.54) is 0 Å². The molecule has 0 aliphatic carbocycles. The van der Waals surface area contributed by atoms with Gasteiger partial charge in [-0.2, -0.15) is 0 Å². The highest BCUT2D eigenvalue weighted by Gasteiger charge is 2.38. The third kappa shape index (κ3) is 4.17. The summed E-state index contributed by atoms with van der Waals surface area (Å²) in [6, 6.07) is 13.6. The second kappa shape index (κ2) is 7.23. The molecule has 0 saturated carbocycles. The van der Waals surface area contributed by atoms with Crippen molar-refractivity contribution in [2.45, 2.75) is 44.9 Å². The maximum atomic E-state index is 12.5. The number of carbonyl (C=O) groups is 1. The van der Waals surface area contributed by atoms with Gasteiger partial charge >= 0.3 is 6.03 Å². The maximum Gasteiger partial charge on any atom is 0.318 e. The number of carbonyl (C=O) groups excluding carboxylic acids is 1. The monoisotopic (exact) mass is 339 g/mol. The topological polar surface area (TPSA) is 65.5 Å². The lowest BCUT2D eigenvalue weighted by Gasteiger charge is -2.33. The highest BCUT2D eigenvalue weighted by molar-refractivity contribution is 5.75. The Labute approximate surface area is 148 Å². The predicted molar refractivity (Wildman–Crippen MR) is 97.9 cm³/mol. The van der Waals surface area contributed by atoms with Crippen molar-refractivity contribution in [3.05, 3.63) is 54.2 Å². The van der Waals surface area contributed by atoms with Gasteiger partial charge in [-0.05, 0) is 50.5 Å². The van der Waals surface area contributed by atoms with Crippen LogP contribution in [-0.2, 0) is 6.54 Å². The minimum Gasteiger partial charge on any atom is -0.388 e. The van der Waals surface area contributed by atoms with E-state index in [-0.39, 0.29) is 12.1 Å². The maximum absolute atomic E-state index is 12.5. The van der Waals surface area contributed by atoms with E-state index in [4.69, 9.17) is 0 Å². The molecular formula is C20H25N3O2. The van der Waals surface area contributed by atoms with E-state index in [1.54, 1.807) is 24.9 Å². The van der Waals surface area contributed by atoms with Crippen molar-refractivity contribution in [2.75, 3.05) is 6.54 Å². The van der Waals surface area contributed by atoms with Crippen molar-refractivity contribution in [3.8, 4) is 11.3 Å². The molecule has 0 bridgehead atoms. The fourth-order valence-electron chi connectivity index (χ4n) is 3.40. The molecule has 5 heteroatoms. The zero-order valence-electron chi connectivity index (χ0n) is 14.8. The number of hydrogen-bond acceptors (Lipinski definition) is 3. The zero-order valence-corrected chi connectivity index (χ0v) is 14.8. The van der Waals surface area contributed by atoms with Gasteiger partial charge in [0.1, 0.15) is 0 Å². The molecule has 1 aliphatic heterocycles. The van der Waals surface area contributed by atoms with Gasteiger partial charge in [0.2, 0.25) is 0 Å². The molecule has 2 N–H and O–H groups in total. The molecule has 3 rings (SSSR count). The fraction of sp³-hybridized carbons (Fsp3) is 0.400. The number of rotatable bonds is 4. The number of benzene rings is 1. The van der Waals surface area contributed by atoms with E-state index in [9.17, 15) is 9.90 Å². The number of hydrogen-bond donors (Lipinski definition) is 2. The van der Waals surface area contributed by atoms with E-state index < -0.39 is 5.60 Å². The van der Waals surface area contributed by atoms with Crippen LogP contribution < -0.4 is 5.32 Å². The van der Waals surface area contributed by atoms with Crippen LogP contribution in [0, 0.1) is 0 Å². The number of amides is 2. The highest BCUT2D eigenvalue weighted by atomic mass is 16.3.